The number of hydrogen-bond donors (Lipinski definition) is 1. The molecule has 1 saturated heterocycles. The molecule has 0 spiro atoms. The highest BCUT2D eigenvalue weighted by atomic mass is 79.9. The van der Waals surface area contributed by atoms with Crippen molar-refractivity contribution >= 4 is 51.6 Å². The second-order valence-electron chi connectivity index (χ2n) is 8.04. The first kappa shape index (κ1) is 27.9. The lowest BCUT2D eigenvalue weighted by molar-refractivity contribution is -0.123. The van der Waals surface area contributed by atoms with Crippen molar-refractivity contribution in [2.45, 2.75) is 18.1 Å². The molecule has 196 valence electrons. The summed E-state index contributed by atoms with van der Waals surface area (Å²) in [6.45, 7) is 2.40. The van der Waals surface area contributed by atoms with Crippen molar-refractivity contribution in [2.75, 3.05) is 24.7 Å². The van der Waals surface area contributed by atoms with E-state index in [0.717, 1.165) is 5.56 Å². The number of carbonyl (C=O) groups excluding carboxylic acids is 1. The van der Waals surface area contributed by atoms with Crippen LogP contribution in [0.3, 0.4) is 0 Å². The van der Waals surface area contributed by atoms with Gasteiger partial charge in [-0.05, 0) is 58.7 Å². The number of hydrogen-bond acceptors (Lipinski definition) is 8. The number of nitriles is 1. The SMILES string of the molecule is CCOc1cc(/C=N\NC(=O)COc2ccc(C3SCCS3)cc2)c(Br)cc1OCc1ccccc1C#N. The number of hydrazone groups is 1. The molecular formula is C28H26BrN3O4S2. The fraction of sp³-hybridized carbons (Fsp3) is 0.250. The van der Waals surface area contributed by atoms with Crippen molar-refractivity contribution < 1.29 is 19.0 Å². The van der Waals surface area contributed by atoms with Gasteiger partial charge in [0.15, 0.2) is 18.1 Å². The van der Waals surface area contributed by atoms with Crippen LogP contribution in [0, 0.1) is 11.3 Å². The predicted octanol–water partition coefficient (Wildman–Crippen LogP) is 6.31. The maximum absolute atomic E-state index is 12.2. The number of nitrogens with zero attached hydrogens (tertiary/aromatic N) is 2. The molecule has 1 amide bonds. The molecule has 0 aromatic heterocycles. The summed E-state index contributed by atoms with van der Waals surface area (Å²) in [5.41, 5.74) is 5.79. The van der Waals surface area contributed by atoms with Gasteiger partial charge in [-0.2, -0.15) is 10.4 Å². The van der Waals surface area contributed by atoms with Crippen LogP contribution in [0.4, 0.5) is 0 Å². The molecule has 3 aromatic rings. The molecule has 38 heavy (non-hydrogen) atoms. The molecule has 4 rings (SSSR count). The quantitative estimate of drug-likeness (QED) is 0.201. The number of ether oxygens (including phenoxy) is 3. The van der Waals surface area contributed by atoms with Crippen molar-refractivity contribution in [2.24, 2.45) is 5.10 Å². The molecule has 0 atom stereocenters. The molecule has 3 aromatic carbocycles. The molecular weight excluding hydrogens is 586 g/mol. The van der Waals surface area contributed by atoms with Crippen LogP contribution < -0.4 is 19.6 Å². The van der Waals surface area contributed by atoms with E-state index in [4.69, 9.17) is 14.2 Å². The average molecular weight is 613 g/mol. The van der Waals surface area contributed by atoms with Crippen molar-refractivity contribution in [1.82, 2.24) is 5.43 Å². The van der Waals surface area contributed by atoms with E-state index < -0.39 is 0 Å². The van der Waals surface area contributed by atoms with Gasteiger partial charge in [0.2, 0.25) is 0 Å². The molecule has 1 N–H and O–H groups in total. The Hall–Kier alpha value is -3.13. The average Bonchev–Trinajstić information content (AvgIpc) is 3.48. The molecule has 1 fully saturated rings. The highest BCUT2D eigenvalue weighted by Gasteiger charge is 2.18. The molecule has 1 heterocycles. The van der Waals surface area contributed by atoms with Crippen LogP contribution in [0.25, 0.3) is 0 Å². The van der Waals surface area contributed by atoms with Gasteiger partial charge in [-0.15, -0.1) is 23.5 Å². The Morgan fingerprint density at radius 3 is 2.58 bits per heavy atom. The highest BCUT2D eigenvalue weighted by molar-refractivity contribution is 9.10. The Balaban J connectivity index is 1.32. The zero-order valence-electron chi connectivity index (χ0n) is 20.7. The number of benzene rings is 3. The highest BCUT2D eigenvalue weighted by Crippen LogP contribution is 2.45. The first-order valence-electron chi connectivity index (χ1n) is 11.9. The van der Waals surface area contributed by atoms with Gasteiger partial charge >= 0.3 is 0 Å². The maximum atomic E-state index is 12.2. The summed E-state index contributed by atoms with van der Waals surface area (Å²) in [5, 5.41) is 13.4. The van der Waals surface area contributed by atoms with E-state index in [-0.39, 0.29) is 19.1 Å². The van der Waals surface area contributed by atoms with E-state index in [1.54, 1.807) is 18.2 Å². The molecule has 0 aliphatic carbocycles. The van der Waals surface area contributed by atoms with E-state index in [1.807, 2.05) is 72.9 Å². The maximum Gasteiger partial charge on any atom is 0.277 e. The van der Waals surface area contributed by atoms with E-state index in [1.165, 1.54) is 23.3 Å². The number of nitrogens with one attached hydrogen (secondary N) is 1. The molecule has 0 unspecified atom stereocenters. The van der Waals surface area contributed by atoms with Gasteiger partial charge in [-0.25, -0.2) is 5.43 Å². The van der Waals surface area contributed by atoms with Crippen LogP contribution in [-0.4, -0.2) is 36.8 Å². The number of amides is 1. The van der Waals surface area contributed by atoms with Gasteiger partial charge in [0.1, 0.15) is 12.4 Å². The van der Waals surface area contributed by atoms with E-state index >= 15 is 0 Å². The lowest BCUT2D eigenvalue weighted by Gasteiger charge is -2.14. The van der Waals surface area contributed by atoms with E-state index in [0.29, 0.717) is 44.0 Å². The third kappa shape index (κ3) is 7.69. The molecule has 1 aliphatic heterocycles. The lowest BCUT2D eigenvalue weighted by Crippen LogP contribution is -2.24. The van der Waals surface area contributed by atoms with Crippen molar-refractivity contribution in [3.63, 3.8) is 0 Å². The second kappa shape index (κ2) is 14.1. The molecule has 0 bridgehead atoms. The van der Waals surface area contributed by atoms with E-state index in [2.05, 4.69) is 32.5 Å². The van der Waals surface area contributed by atoms with Crippen LogP contribution in [0.1, 0.15) is 33.8 Å². The summed E-state index contributed by atoms with van der Waals surface area (Å²) in [4.78, 5) is 12.2. The molecule has 0 radical (unpaired) electrons. The van der Waals surface area contributed by atoms with Gasteiger partial charge in [0.05, 0.1) is 29.0 Å². The van der Waals surface area contributed by atoms with Crippen molar-refractivity contribution in [3.8, 4) is 23.3 Å². The summed E-state index contributed by atoms with van der Waals surface area (Å²) in [7, 11) is 0. The standard InChI is InChI=1S/C28H26BrN3O4S2/c1-2-34-25-13-22(24(29)14-26(25)36-17-21-6-4-3-5-20(21)15-30)16-31-32-27(33)18-35-23-9-7-19(8-10-23)28-37-11-12-38-28/h3-10,13-14,16,28H,2,11-12,17-18H2,1H3,(H,32,33)/b31-16-. The van der Waals surface area contributed by atoms with Crippen LogP contribution in [0.15, 0.2) is 70.2 Å². The molecule has 0 saturated carbocycles. The summed E-state index contributed by atoms with van der Waals surface area (Å²) >= 11 is 7.42. The topological polar surface area (TPSA) is 92.9 Å². The summed E-state index contributed by atoms with van der Waals surface area (Å²) in [6, 6.07) is 20.9. The van der Waals surface area contributed by atoms with Gasteiger partial charge < -0.3 is 14.2 Å². The second-order valence-corrected chi connectivity index (χ2v) is 11.6. The van der Waals surface area contributed by atoms with Gasteiger partial charge in [-0.3, -0.25) is 4.79 Å². The fourth-order valence-corrected chi connectivity index (χ4v) is 6.85. The smallest absolute Gasteiger partial charge is 0.277 e. The number of thioether (sulfide) groups is 2. The van der Waals surface area contributed by atoms with Crippen molar-refractivity contribution in [3.05, 3.63) is 87.4 Å². The van der Waals surface area contributed by atoms with Gasteiger partial charge in [0, 0.05) is 27.1 Å². The summed E-state index contributed by atoms with van der Waals surface area (Å²) in [5.74, 6) is 3.67. The number of carbonyl (C=O) groups is 1. The number of halogens is 1. The minimum atomic E-state index is -0.371. The van der Waals surface area contributed by atoms with Crippen LogP contribution in [-0.2, 0) is 11.4 Å². The molecule has 7 nitrogen and oxygen atoms in total. The monoisotopic (exact) mass is 611 g/mol. The van der Waals surface area contributed by atoms with Gasteiger partial charge in [-0.1, -0.05) is 30.3 Å². The predicted molar refractivity (Wildman–Crippen MR) is 156 cm³/mol. The van der Waals surface area contributed by atoms with Crippen LogP contribution in [0.2, 0.25) is 0 Å². The normalized spacial score (nSPS) is 13.3. The van der Waals surface area contributed by atoms with Crippen LogP contribution >= 0.6 is 39.5 Å². The minimum Gasteiger partial charge on any atom is -0.490 e. The third-order valence-corrected chi connectivity index (χ3v) is 9.21. The van der Waals surface area contributed by atoms with Gasteiger partial charge in [0.25, 0.3) is 5.91 Å². The Kier molecular flexibility index (Phi) is 10.4. The zero-order chi connectivity index (χ0) is 26.7. The Morgan fingerprint density at radius 1 is 1.11 bits per heavy atom. The number of rotatable bonds is 11. The first-order valence-corrected chi connectivity index (χ1v) is 14.8. The largest absolute Gasteiger partial charge is 0.490 e. The molecule has 10 heteroatoms. The van der Waals surface area contributed by atoms with Crippen LogP contribution in [0.5, 0.6) is 17.2 Å². The third-order valence-electron chi connectivity index (χ3n) is 5.42. The molecule has 1 aliphatic rings. The lowest BCUT2D eigenvalue weighted by atomic mass is 10.1. The Morgan fingerprint density at radius 2 is 1.84 bits per heavy atom. The Bertz CT molecular complexity index is 1320. The van der Waals surface area contributed by atoms with Crippen molar-refractivity contribution in [1.29, 1.82) is 5.26 Å². The fourth-order valence-electron chi connectivity index (χ4n) is 3.57. The Labute approximate surface area is 239 Å². The summed E-state index contributed by atoms with van der Waals surface area (Å²) in [6.07, 6.45) is 1.52. The first-order chi connectivity index (χ1) is 18.6. The van der Waals surface area contributed by atoms with E-state index in [9.17, 15) is 10.1 Å². The minimum absolute atomic E-state index is 0.147. The summed E-state index contributed by atoms with van der Waals surface area (Å²) < 4.78 is 18.5. The zero-order valence-corrected chi connectivity index (χ0v) is 23.9.